The lowest BCUT2D eigenvalue weighted by atomic mass is 9.92. The van der Waals surface area contributed by atoms with Gasteiger partial charge in [-0.25, -0.2) is 9.67 Å². The van der Waals surface area contributed by atoms with Gasteiger partial charge in [-0.1, -0.05) is 0 Å². The van der Waals surface area contributed by atoms with Crippen LogP contribution in [0.15, 0.2) is 42.6 Å². The van der Waals surface area contributed by atoms with Crippen LogP contribution >= 0.6 is 0 Å². The first-order valence-electron chi connectivity index (χ1n) is 24.2. The van der Waals surface area contributed by atoms with E-state index in [1.165, 1.54) is 11.4 Å². The fraction of sp³-hybridized carbons (Fsp3) is 0.540. The molecule has 4 aromatic heterocycles. The Kier molecular flexibility index (Phi) is 11.1. The molecule has 4 saturated heterocycles. The third-order valence-electron chi connectivity index (χ3n) is 15.5. The van der Waals surface area contributed by atoms with Crippen LogP contribution in [-0.4, -0.2) is 127 Å². The van der Waals surface area contributed by atoms with Gasteiger partial charge in [0, 0.05) is 101 Å². The Hall–Kier alpha value is -5.87. The molecule has 1 aliphatic carbocycles. The molecule has 16 nitrogen and oxygen atoms in total. The fourth-order valence-electron chi connectivity index (χ4n) is 12.1. The molecule has 9 heterocycles. The lowest BCUT2D eigenvalue weighted by Crippen LogP contribution is -2.67. The lowest BCUT2D eigenvalue weighted by Gasteiger charge is -2.53. The number of benzene rings is 1. The van der Waals surface area contributed by atoms with E-state index in [9.17, 15) is 14.4 Å². The molecule has 66 heavy (non-hydrogen) atoms. The molecule has 1 unspecified atom stereocenters. The average molecular weight is 895 g/mol. The van der Waals surface area contributed by atoms with Crippen molar-refractivity contribution < 1.29 is 19.1 Å². The minimum atomic E-state index is -0.364. The molecule has 16 heteroatoms. The van der Waals surface area contributed by atoms with Crippen molar-refractivity contribution in [3.63, 3.8) is 0 Å². The number of ether oxygens (including phenoxy) is 1. The van der Waals surface area contributed by atoms with Gasteiger partial charge in [0.1, 0.15) is 0 Å². The highest BCUT2D eigenvalue weighted by molar-refractivity contribution is 6.05. The van der Waals surface area contributed by atoms with E-state index in [0.29, 0.717) is 72.5 Å². The van der Waals surface area contributed by atoms with Gasteiger partial charge < -0.3 is 19.1 Å². The summed E-state index contributed by atoms with van der Waals surface area (Å²) in [5.74, 6) is 1.12. The van der Waals surface area contributed by atoms with Crippen molar-refractivity contribution >= 4 is 46.1 Å². The molecule has 4 atom stereocenters. The maximum absolute atomic E-state index is 14.0. The fourth-order valence-corrected chi connectivity index (χ4v) is 12.1. The number of likely N-dealkylation sites (tertiary alicyclic amines) is 1. The molecule has 5 aromatic rings. The molecule has 0 spiro atoms. The van der Waals surface area contributed by atoms with Crippen molar-refractivity contribution in [1.29, 1.82) is 0 Å². The summed E-state index contributed by atoms with van der Waals surface area (Å²) in [5, 5.41) is 10.2. The van der Waals surface area contributed by atoms with Crippen molar-refractivity contribution in [2.24, 2.45) is 18.9 Å². The van der Waals surface area contributed by atoms with E-state index in [-0.39, 0.29) is 23.6 Å². The highest BCUT2D eigenvalue weighted by Crippen LogP contribution is 2.38. The Labute approximate surface area is 386 Å². The molecule has 1 aromatic carbocycles. The van der Waals surface area contributed by atoms with Gasteiger partial charge in [-0.15, -0.1) is 0 Å². The molecule has 2 N–H and O–H groups in total. The molecule has 5 aliphatic heterocycles. The molecule has 11 rings (SSSR count). The summed E-state index contributed by atoms with van der Waals surface area (Å²) in [6, 6.07) is 13.9. The maximum Gasteiger partial charge on any atom is 0.258 e. The molecule has 6 aliphatic rings. The highest BCUT2D eigenvalue weighted by atomic mass is 16.5. The number of piperidine rings is 2. The summed E-state index contributed by atoms with van der Waals surface area (Å²) in [7, 11) is 1.89. The quantitative estimate of drug-likeness (QED) is 0.211. The van der Waals surface area contributed by atoms with E-state index in [1.54, 1.807) is 10.9 Å². The Bertz CT molecular complexity index is 2690. The van der Waals surface area contributed by atoms with E-state index < -0.39 is 0 Å². The summed E-state index contributed by atoms with van der Waals surface area (Å²) in [6.07, 6.45) is 8.13. The predicted molar refractivity (Wildman–Crippen MR) is 253 cm³/mol. The van der Waals surface area contributed by atoms with Gasteiger partial charge in [0.25, 0.3) is 5.91 Å². The van der Waals surface area contributed by atoms with E-state index in [0.717, 1.165) is 124 Å². The van der Waals surface area contributed by atoms with Gasteiger partial charge in [-0.2, -0.15) is 5.10 Å². The molecular weight excluding hydrogens is 833 g/mol. The number of pyridine rings is 2. The smallest absolute Gasteiger partial charge is 0.258 e. The van der Waals surface area contributed by atoms with Crippen LogP contribution < -0.4 is 25.2 Å². The number of hydrogen-bond acceptors (Lipinski definition) is 12. The van der Waals surface area contributed by atoms with E-state index >= 15 is 0 Å². The standard InChI is InChI=1S/C50H62N12O4/c1-29-18-42(39-9-11-45(63)55-48(39)65)53-32(4)46(29)58-14-12-36(13-15-58)60-26-38(27-60)59-16-17-61(31(3)24-59)37-8-10-41-44(22-37)62-25-33-6-7-34(20-33)28-66-49-40(23-51-57(49)5)43-21-35(19-30(2)52-43)47(64)56-50(62)54-41/h8,10,18-19,21-23,31,33-34,36,38-39H,6-7,9,11-17,20,24-28H2,1-5H3,(H,54,56,64)(H,55,63,65)/t31-,33+,34-,39?/m0/s1. The van der Waals surface area contributed by atoms with Crippen molar-refractivity contribution in [1.82, 2.24) is 44.4 Å². The number of hydrogen-bond donors (Lipinski definition) is 2. The van der Waals surface area contributed by atoms with Gasteiger partial charge >= 0.3 is 0 Å². The van der Waals surface area contributed by atoms with E-state index in [2.05, 4.69) is 84.9 Å². The molecule has 1 saturated carbocycles. The molecule has 5 fully saturated rings. The van der Waals surface area contributed by atoms with Crippen LogP contribution in [0.2, 0.25) is 0 Å². The number of aromatic nitrogens is 6. The van der Waals surface area contributed by atoms with Crippen molar-refractivity contribution in [2.45, 2.75) is 103 Å². The number of aryl methyl sites for hydroxylation is 4. The molecule has 0 radical (unpaired) electrons. The second kappa shape index (κ2) is 17.1. The summed E-state index contributed by atoms with van der Waals surface area (Å²) < 4.78 is 10.5. The third kappa shape index (κ3) is 7.99. The predicted octanol–water partition coefficient (Wildman–Crippen LogP) is 5.60. The Morgan fingerprint density at radius 1 is 0.788 bits per heavy atom. The monoisotopic (exact) mass is 895 g/mol. The number of carbonyl (C=O) groups is 3. The Balaban J connectivity index is 0.737. The number of imide groups is 1. The van der Waals surface area contributed by atoms with E-state index in [1.807, 2.05) is 26.1 Å². The van der Waals surface area contributed by atoms with Crippen LogP contribution in [0.25, 0.3) is 22.3 Å². The van der Waals surface area contributed by atoms with Gasteiger partial charge in [0.15, 0.2) is 0 Å². The largest absolute Gasteiger partial charge is 0.477 e. The minimum Gasteiger partial charge on any atom is -0.477 e. The number of rotatable bonds is 5. The molecule has 4 bridgehead atoms. The topological polar surface area (TPSA) is 159 Å². The number of nitrogens with zero attached hydrogens (tertiary/aromatic N) is 10. The first-order valence-corrected chi connectivity index (χ1v) is 24.2. The highest BCUT2D eigenvalue weighted by Gasteiger charge is 2.40. The van der Waals surface area contributed by atoms with Gasteiger partial charge in [-0.3, -0.25) is 44.8 Å². The third-order valence-corrected chi connectivity index (χ3v) is 15.5. The summed E-state index contributed by atoms with van der Waals surface area (Å²) in [6.45, 7) is 17.1. The zero-order valence-electron chi connectivity index (χ0n) is 38.9. The summed E-state index contributed by atoms with van der Waals surface area (Å²) >= 11 is 0. The van der Waals surface area contributed by atoms with Crippen LogP contribution in [0, 0.1) is 32.6 Å². The number of carbonyl (C=O) groups excluding carboxylic acids is 3. The zero-order valence-corrected chi connectivity index (χ0v) is 38.9. The van der Waals surface area contributed by atoms with Gasteiger partial charge in [0.2, 0.25) is 23.6 Å². The van der Waals surface area contributed by atoms with Crippen LogP contribution in [0.5, 0.6) is 5.88 Å². The Morgan fingerprint density at radius 2 is 1.61 bits per heavy atom. The molecule has 3 amide bonds. The number of imidazole rings is 1. The number of piperazine rings is 1. The Morgan fingerprint density at radius 3 is 2.39 bits per heavy atom. The summed E-state index contributed by atoms with van der Waals surface area (Å²) in [4.78, 5) is 63.5. The van der Waals surface area contributed by atoms with Gasteiger partial charge in [0.05, 0.1) is 58.1 Å². The number of fused-ring (bicyclic) bond motifs is 9. The number of anilines is 3. The maximum atomic E-state index is 14.0. The zero-order chi connectivity index (χ0) is 45.4. The first kappa shape index (κ1) is 42.7. The number of nitrogens with one attached hydrogen (secondary N) is 2. The minimum absolute atomic E-state index is 0.198. The second-order valence-corrected chi connectivity index (χ2v) is 20.1. The SMILES string of the molecule is Cc1cc2cc(n1)-c1cnn(C)c1OC[C@H]1CC[C@H](C1)Cn1c(nc3ccc(N4CCN(C5CN(C6CCN(c7c(C)cc(C8CCC(=O)NC8=O)nc7C)CC6)C5)C[C@@H]4C)cc31)NC2=O. The van der Waals surface area contributed by atoms with Crippen LogP contribution in [0.1, 0.15) is 90.8 Å². The molecule has 346 valence electrons. The van der Waals surface area contributed by atoms with Crippen molar-refractivity contribution in [3.05, 3.63) is 70.8 Å². The van der Waals surface area contributed by atoms with Gasteiger partial charge in [-0.05, 0) is 120 Å². The average Bonchev–Trinajstić information content (AvgIpc) is 3.98. The number of amides is 3. The summed E-state index contributed by atoms with van der Waals surface area (Å²) in [5.41, 5.74) is 9.93. The van der Waals surface area contributed by atoms with Crippen LogP contribution in [-0.2, 0) is 23.2 Å². The normalized spacial score (nSPS) is 24.8. The second-order valence-electron chi connectivity index (χ2n) is 20.1. The lowest BCUT2D eigenvalue weighted by molar-refractivity contribution is -0.134. The molecular formula is C50H62N12O4. The van der Waals surface area contributed by atoms with E-state index in [4.69, 9.17) is 19.7 Å². The van der Waals surface area contributed by atoms with Crippen LogP contribution in [0.3, 0.4) is 0 Å². The first-order chi connectivity index (χ1) is 31.9. The van der Waals surface area contributed by atoms with Crippen LogP contribution in [0.4, 0.5) is 17.3 Å². The van der Waals surface area contributed by atoms with Crippen molar-refractivity contribution in [2.75, 3.05) is 67.5 Å². The van der Waals surface area contributed by atoms with Crippen molar-refractivity contribution in [3.8, 4) is 17.1 Å².